The number of rotatable bonds is 6. The molecule has 0 saturated heterocycles. The topological polar surface area (TPSA) is 88.4 Å². The quantitative estimate of drug-likeness (QED) is 0.387. The van der Waals surface area contributed by atoms with E-state index in [9.17, 15) is 14.9 Å². The summed E-state index contributed by atoms with van der Waals surface area (Å²) in [5.41, 5.74) is 1.78. The highest BCUT2D eigenvalue weighted by atomic mass is 79.9. The van der Waals surface area contributed by atoms with Gasteiger partial charge in [0, 0.05) is 10.7 Å². The molecule has 0 aliphatic heterocycles. The lowest BCUT2D eigenvalue weighted by molar-refractivity contribution is -0.142. The molecule has 2 rings (SSSR count). The van der Waals surface area contributed by atoms with Crippen LogP contribution in [0.25, 0.3) is 6.08 Å². The standard InChI is InChI=1S/C20H16BrClN2O4/c1-12-16(22)4-3-5-17(12)24-20(26)14(10-23)8-13-6-7-18(15(21)9-13)28-11-19(25)27-2/h3-9H,11H2,1-2H3,(H,24,26)/b14-8-. The number of nitriles is 1. The molecule has 0 heterocycles. The first-order valence-corrected chi connectivity index (χ1v) is 9.20. The van der Waals surface area contributed by atoms with E-state index in [-0.39, 0.29) is 12.2 Å². The molecule has 0 bridgehead atoms. The number of benzene rings is 2. The second-order valence-electron chi connectivity index (χ2n) is 5.59. The minimum atomic E-state index is -0.546. The molecular formula is C20H16BrClN2O4. The third-order valence-electron chi connectivity index (χ3n) is 3.72. The highest BCUT2D eigenvalue weighted by Crippen LogP contribution is 2.27. The van der Waals surface area contributed by atoms with Crippen molar-refractivity contribution >= 4 is 51.2 Å². The minimum Gasteiger partial charge on any atom is -0.481 e. The van der Waals surface area contributed by atoms with Crippen LogP contribution in [0, 0.1) is 18.3 Å². The van der Waals surface area contributed by atoms with Crippen LogP contribution in [0.5, 0.6) is 5.75 Å². The van der Waals surface area contributed by atoms with Gasteiger partial charge in [-0.05, 0) is 64.3 Å². The second-order valence-corrected chi connectivity index (χ2v) is 6.85. The first kappa shape index (κ1) is 21.5. The Morgan fingerprint density at radius 2 is 2.07 bits per heavy atom. The fourth-order valence-electron chi connectivity index (χ4n) is 2.17. The van der Waals surface area contributed by atoms with Crippen LogP contribution in [0.1, 0.15) is 11.1 Å². The highest BCUT2D eigenvalue weighted by molar-refractivity contribution is 9.10. The summed E-state index contributed by atoms with van der Waals surface area (Å²) >= 11 is 9.39. The number of hydrogen-bond donors (Lipinski definition) is 1. The van der Waals surface area contributed by atoms with Crippen LogP contribution in [-0.4, -0.2) is 25.6 Å². The van der Waals surface area contributed by atoms with E-state index in [0.29, 0.717) is 32.1 Å². The largest absolute Gasteiger partial charge is 0.481 e. The first-order chi connectivity index (χ1) is 13.3. The summed E-state index contributed by atoms with van der Waals surface area (Å²) in [7, 11) is 1.27. The molecular weight excluding hydrogens is 448 g/mol. The van der Waals surface area contributed by atoms with Crippen LogP contribution < -0.4 is 10.1 Å². The molecule has 144 valence electrons. The SMILES string of the molecule is COC(=O)COc1ccc(/C=C(/C#N)C(=O)Nc2cccc(Cl)c2C)cc1Br. The van der Waals surface area contributed by atoms with Gasteiger partial charge in [-0.1, -0.05) is 23.7 Å². The van der Waals surface area contributed by atoms with Gasteiger partial charge >= 0.3 is 5.97 Å². The smallest absolute Gasteiger partial charge is 0.343 e. The first-order valence-electron chi connectivity index (χ1n) is 8.03. The number of anilines is 1. The van der Waals surface area contributed by atoms with Crippen molar-refractivity contribution in [3.8, 4) is 11.8 Å². The van der Waals surface area contributed by atoms with E-state index in [1.165, 1.54) is 13.2 Å². The summed E-state index contributed by atoms with van der Waals surface area (Å²) in [6, 6.07) is 12.0. The van der Waals surface area contributed by atoms with Gasteiger partial charge in [-0.15, -0.1) is 0 Å². The van der Waals surface area contributed by atoms with E-state index in [0.717, 1.165) is 0 Å². The molecule has 0 atom stereocenters. The third-order valence-corrected chi connectivity index (χ3v) is 4.75. The number of ether oxygens (including phenoxy) is 2. The lowest BCUT2D eigenvalue weighted by atomic mass is 10.1. The number of carbonyl (C=O) groups is 2. The Bertz CT molecular complexity index is 983. The fraction of sp³-hybridized carbons (Fsp3) is 0.150. The van der Waals surface area contributed by atoms with E-state index in [2.05, 4.69) is 26.0 Å². The van der Waals surface area contributed by atoms with Gasteiger partial charge in [-0.3, -0.25) is 4.79 Å². The van der Waals surface area contributed by atoms with Gasteiger partial charge < -0.3 is 14.8 Å². The second kappa shape index (κ2) is 9.93. The van der Waals surface area contributed by atoms with Crippen molar-refractivity contribution in [1.82, 2.24) is 0 Å². The number of nitrogens with one attached hydrogen (secondary N) is 1. The zero-order valence-corrected chi connectivity index (χ0v) is 17.4. The predicted molar refractivity (Wildman–Crippen MR) is 110 cm³/mol. The molecule has 0 radical (unpaired) electrons. The Kier molecular flexibility index (Phi) is 7.61. The summed E-state index contributed by atoms with van der Waals surface area (Å²) in [4.78, 5) is 23.6. The van der Waals surface area contributed by atoms with Crippen molar-refractivity contribution in [2.45, 2.75) is 6.92 Å². The number of carbonyl (C=O) groups excluding carboxylic acids is 2. The van der Waals surface area contributed by atoms with Crippen molar-refractivity contribution in [2.24, 2.45) is 0 Å². The number of halogens is 2. The minimum absolute atomic E-state index is 0.0745. The average Bonchev–Trinajstić information content (AvgIpc) is 2.68. The maximum Gasteiger partial charge on any atom is 0.343 e. The molecule has 0 spiro atoms. The lowest BCUT2D eigenvalue weighted by Crippen LogP contribution is -2.14. The summed E-state index contributed by atoms with van der Waals surface area (Å²) in [5, 5.41) is 12.6. The van der Waals surface area contributed by atoms with Crippen LogP contribution in [-0.2, 0) is 14.3 Å². The van der Waals surface area contributed by atoms with Crippen molar-refractivity contribution in [1.29, 1.82) is 5.26 Å². The maximum absolute atomic E-state index is 12.4. The van der Waals surface area contributed by atoms with E-state index in [1.807, 2.05) is 6.07 Å². The monoisotopic (exact) mass is 462 g/mol. The van der Waals surface area contributed by atoms with Gasteiger partial charge in [0.05, 0.1) is 11.6 Å². The Morgan fingerprint density at radius 3 is 2.71 bits per heavy atom. The lowest BCUT2D eigenvalue weighted by Gasteiger charge is -2.09. The molecule has 2 aromatic rings. The van der Waals surface area contributed by atoms with Gasteiger partial charge in [0.25, 0.3) is 5.91 Å². The van der Waals surface area contributed by atoms with Crippen LogP contribution in [0.4, 0.5) is 5.69 Å². The van der Waals surface area contributed by atoms with Crippen molar-refractivity contribution in [2.75, 3.05) is 19.0 Å². The highest BCUT2D eigenvalue weighted by Gasteiger charge is 2.13. The fourth-order valence-corrected chi connectivity index (χ4v) is 2.85. The van der Waals surface area contributed by atoms with E-state index in [4.69, 9.17) is 16.3 Å². The molecule has 0 aliphatic carbocycles. The molecule has 0 aliphatic rings. The van der Waals surface area contributed by atoms with Crippen LogP contribution in [0.2, 0.25) is 5.02 Å². The summed E-state index contributed by atoms with van der Waals surface area (Å²) < 4.78 is 10.4. The van der Waals surface area contributed by atoms with E-state index >= 15 is 0 Å². The predicted octanol–water partition coefficient (Wildman–Crippen LogP) is 4.51. The zero-order valence-electron chi connectivity index (χ0n) is 15.1. The summed E-state index contributed by atoms with van der Waals surface area (Å²) in [5.74, 6) is -0.620. The molecule has 1 N–H and O–H groups in total. The van der Waals surface area contributed by atoms with Crippen LogP contribution in [0.15, 0.2) is 46.4 Å². The number of esters is 1. The Hall–Kier alpha value is -2.82. The van der Waals surface area contributed by atoms with Crippen molar-refractivity contribution in [3.05, 3.63) is 62.6 Å². The third kappa shape index (κ3) is 5.59. The van der Waals surface area contributed by atoms with Gasteiger partial charge in [-0.2, -0.15) is 5.26 Å². The van der Waals surface area contributed by atoms with Crippen LogP contribution in [0.3, 0.4) is 0 Å². The van der Waals surface area contributed by atoms with E-state index in [1.54, 1.807) is 43.3 Å². The molecule has 1 amide bonds. The number of amides is 1. The zero-order chi connectivity index (χ0) is 20.7. The molecule has 8 heteroatoms. The number of hydrogen-bond acceptors (Lipinski definition) is 5. The number of methoxy groups -OCH3 is 1. The van der Waals surface area contributed by atoms with Crippen molar-refractivity contribution < 1.29 is 19.1 Å². The van der Waals surface area contributed by atoms with Gasteiger partial charge in [0.15, 0.2) is 6.61 Å². The molecule has 6 nitrogen and oxygen atoms in total. The average molecular weight is 464 g/mol. The molecule has 2 aromatic carbocycles. The Morgan fingerprint density at radius 1 is 1.32 bits per heavy atom. The number of nitrogens with zero attached hydrogens (tertiary/aromatic N) is 1. The summed E-state index contributed by atoms with van der Waals surface area (Å²) in [6.45, 7) is 1.55. The van der Waals surface area contributed by atoms with Gasteiger partial charge in [-0.25, -0.2) is 4.79 Å². The summed E-state index contributed by atoms with van der Waals surface area (Å²) in [6.07, 6.45) is 1.45. The molecule has 0 aromatic heterocycles. The molecule has 0 saturated carbocycles. The van der Waals surface area contributed by atoms with Gasteiger partial charge in [0.1, 0.15) is 17.4 Å². The van der Waals surface area contributed by atoms with Gasteiger partial charge in [0.2, 0.25) is 0 Å². The maximum atomic E-state index is 12.4. The molecule has 0 fully saturated rings. The van der Waals surface area contributed by atoms with E-state index < -0.39 is 11.9 Å². The van der Waals surface area contributed by atoms with Crippen molar-refractivity contribution in [3.63, 3.8) is 0 Å². The van der Waals surface area contributed by atoms with Crippen LogP contribution >= 0.6 is 27.5 Å². The Labute approximate surface area is 175 Å². The molecule has 0 unspecified atom stereocenters. The molecule has 28 heavy (non-hydrogen) atoms. The normalized spacial score (nSPS) is 10.8. The Balaban J connectivity index is 2.18.